The quantitative estimate of drug-likeness (QED) is 0.828. The maximum atomic E-state index is 5.35. The number of rotatable bonds is 5. The minimum Gasteiger partial charge on any atom is -0.468 e. The maximum Gasteiger partial charge on any atom is 0.117 e. The van der Waals surface area contributed by atoms with Crippen molar-refractivity contribution >= 4 is 0 Å². The van der Waals surface area contributed by atoms with E-state index in [-0.39, 0.29) is 0 Å². The number of hydrogen-bond acceptors (Lipinski definition) is 4. The van der Waals surface area contributed by atoms with E-state index in [1.165, 1.54) is 26.1 Å². The Morgan fingerprint density at radius 3 is 3.18 bits per heavy atom. The Labute approximate surface area is 104 Å². The molecule has 0 aliphatic carbocycles. The lowest BCUT2D eigenvalue weighted by molar-refractivity contribution is 0.222. The first kappa shape index (κ1) is 12.6. The second-order valence-electron chi connectivity index (χ2n) is 4.76. The molecule has 1 N–H and O–H groups in total. The van der Waals surface area contributed by atoms with Crippen LogP contribution in [0.15, 0.2) is 22.8 Å². The largest absolute Gasteiger partial charge is 0.468 e. The summed E-state index contributed by atoms with van der Waals surface area (Å²) in [6, 6.07) is 3.98. The van der Waals surface area contributed by atoms with Crippen LogP contribution in [0.2, 0.25) is 0 Å². The summed E-state index contributed by atoms with van der Waals surface area (Å²) in [4.78, 5) is 4.86. The highest BCUT2D eigenvalue weighted by Crippen LogP contribution is 2.04. The first-order valence-corrected chi connectivity index (χ1v) is 6.48. The molecule has 4 nitrogen and oxygen atoms in total. The van der Waals surface area contributed by atoms with E-state index >= 15 is 0 Å². The third-order valence-corrected chi connectivity index (χ3v) is 3.24. The highest BCUT2D eigenvalue weighted by molar-refractivity contribution is 4.97. The highest BCUT2D eigenvalue weighted by Gasteiger charge is 2.09. The minimum atomic E-state index is 0.902. The zero-order valence-electron chi connectivity index (χ0n) is 10.7. The molecule has 0 atom stereocenters. The second-order valence-corrected chi connectivity index (χ2v) is 4.76. The standard InChI is InChI=1S/C13H23N3O/c1-15(12-13-4-2-11-17-13)9-10-16-7-3-5-14-6-8-16/h2,4,11,14H,3,5-10,12H2,1H3. The number of furan rings is 1. The Bertz CT molecular complexity index is 292. The van der Waals surface area contributed by atoms with Crippen molar-refractivity contribution in [2.24, 2.45) is 0 Å². The molecule has 0 saturated carbocycles. The van der Waals surface area contributed by atoms with E-state index < -0.39 is 0 Å². The van der Waals surface area contributed by atoms with Crippen LogP contribution >= 0.6 is 0 Å². The van der Waals surface area contributed by atoms with Gasteiger partial charge in [-0.1, -0.05) is 0 Å². The first-order valence-electron chi connectivity index (χ1n) is 6.48. The number of hydrogen-bond donors (Lipinski definition) is 1. The predicted molar refractivity (Wildman–Crippen MR) is 69.0 cm³/mol. The van der Waals surface area contributed by atoms with Gasteiger partial charge in [-0.25, -0.2) is 0 Å². The van der Waals surface area contributed by atoms with Crippen LogP contribution in [0.3, 0.4) is 0 Å². The van der Waals surface area contributed by atoms with Crippen LogP contribution in [0.4, 0.5) is 0 Å². The Kier molecular flexibility index (Phi) is 5.04. The second kappa shape index (κ2) is 6.79. The van der Waals surface area contributed by atoms with E-state index in [4.69, 9.17) is 4.42 Å². The number of nitrogens with zero attached hydrogens (tertiary/aromatic N) is 2. The molecule has 96 valence electrons. The summed E-state index contributed by atoms with van der Waals surface area (Å²) < 4.78 is 5.35. The number of likely N-dealkylation sites (N-methyl/N-ethyl adjacent to an activating group) is 1. The van der Waals surface area contributed by atoms with Crippen LogP contribution in [0.5, 0.6) is 0 Å². The van der Waals surface area contributed by atoms with Crippen LogP contribution in [0, 0.1) is 0 Å². The van der Waals surface area contributed by atoms with Crippen LogP contribution in [0.1, 0.15) is 12.2 Å². The van der Waals surface area contributed by atoms with E-state index in [1.54, 1.807) is 6.26 Å². The third kappa shape index (κ3) is 4.50. The Balaban J connectivity index is 1.66. The molecule has 0 amide bonds. The van der Waals surface area contributed by atoms with Gasteiger partial charge >= 0.3 is 0 Å². The summed E-state index contributed by atoms with van der Waals surface area (Å²) in [7, 11) is 2.15. The van der Waals surface area contributed by atoms with Crippen molar-refractivity contribution in [3.05, 3.63) is 24.2 Å². The molecule has 0 spiro atoms. The van der Waals surface area contributed by atoms with Gasteiger partial charge in [-0.2, -0.15) is 0 Å². The van der Waals surface area contributed by atoms with Crippen molar-refractivity contribution in [2.45, 2.75) is 13.0 Å². The average Bonchev–Trinajstić information content (AvgIpc) is 2.68. The van der Waals surface area contributed by atoms with Crippen molar-refractivity contribution in [2.75, 3.05) is 46.3 Å². The van der Waals surface area contributed by atoms with Crippen molar-refractivity contribution in [3.63, 3.8) is 0 Å². The Morgan fingerprint density at radius 1 is 1.41 bits per heavy atom. The molecule has 0 aromatic carbocycles. The van der Waals surface area contributed by atoms with Crippen LogP contribution < -0.4 is 5.32 Å². The summed E-state index contributed by atoms with van der Waals surface area (Å²) in [5.74, 6) is 1.05. The fourth-order valence-corrected chi connectivity index (χ4v) is 2.19. The topological polar surface area (TPSA) is 31.6 Å². The number of nitrogens with one attached hydrogen (secondary N) is 1. The SMILES string of the molecule is CN(CCN1CCCNCC1)Cc1ccco1. The molecule has 1 aromatic rings. The molecule has 4 heteroatoms. The fourth-order valence-electron chi connectivity index (χ4n) is 2.19. The maximum absolute atomic E-state index is 5.35. The normalized spacial score (nSPS) is 18.5. The van der Waals surface area contributed by atoms with E-state index in [0.717, 1.165) is 31.9 Å². The molecule has 0 radical (unpaired) electrons. The van der Waals surface area contributed by atoms with Crippen molar-refractivity contribution in [3.8, 4) is 0 Å². The van der Waals surface area contributed by atoms with E-state index in [9.17, 15) is 0 Å². The Morgan fingerprint density at radius 2 is 2.35 bits per heavy atom. The molecule has 1 aromatic heterocycles. The molecule has 17 heavy (non-hydrogen) atoms. The molecule has 0 unspecified atom stereocenters. The van der Waals surface area contributed by atoms with Gasteiger partial charge < -0.3 is 14.6 Å². The van der Waals surface area contributed by atoms with Gasteiger partial charge in [0.2, 0.25) is 0 Å². The fraction of sp³-hybridized carbons (Fsp3) is 0.692. The van der Waals surface area contributed by atoms with Gasteiger partial charge in [0.25, 0.3) is 0 Å². The van der Waals surface area contributed by atoms with Crippen LogP contribution in [-0.4, -0.2) is 56.1 Å². The lowest BCUT2D eigenvalue weighted by atomic mass is 10.3. The third-order valence-electron chi connectivity index (χ3n) is 3.24. The first-order chi connectivity index (χ1) is 8.34. The van der Waals surface area contributed by atoms with Gasteiger partial charge in [-0.3, -0.25) is 4.90 Å². The van der Waals surface area contributed by atoms with Crippen molar-refractivity contribution < 1.29 is 4.42 Å². The minimum absolute atomic E-state index is 0.902. The highest BCUT2D eigenvalue weighted by atomic mass is 16.3. The smallest absolute Gasteiger partial charge is 0.117 e. The summed E-state index contributed by atoms with van der Waals surface area (Å²) in [5.41, 5.74) is 0. The Hall–Kier alpha value is -0.840. The zero-order chi connectivity index (χ0) is 11.9. The monoisotopic (exact) mass is 237 g/mol. The average molecular weight is 237 g/mol. The van der Waals surface area contributed by atoms with Crippen molar-refractivity contribution in [1.82, 2.24) is 15.1 Å². The van der Waals surface area contributed by atoms with E-state index in [1.807, 2.05) is 12.1 Å². The molecule has 0 bridgehead atoms. The van der Waals surface area contributed by atoms with Crippen molar-refractivity contribution in [1.29, 1.82) is 0 Å². The predicted octanol–water partition coefficient (Wildman–Crippen LogP) is 1.01. The summed E-state index contributed by atoms with van der Waals surface area (Å²) in [6.07, 6.45) is 3.01. The summed E-state index contributed by atoms with van der Waals surface area (Å²) in [5, 5.41) is 3.43. The van der Waals surface area contributed by atoms with Crippen LogP contribution in [0.25, 0.3) is 0 Å². The van der Waals surface area contributed by atoms with Gasteiger partial charge in [-0.05, 0) is 38.7 Å². The molecule has 1 saturated heterocycles. The summed E-state index contributed by atoms with van der Waals surface area (Å²) in [6.45, 7) is 7.84. The molecule has 1 aliphatic rings. The lowest BCUT2D eigenvalue weighted by Gasteiger charge is -2.23. The molecular formula is C13H23N3O. The lowest BCUT2D eigenvalue weighted by Crippen LogP contribution is -2.35. The van der Waals surface area contributed by atoms with Gasteiger partial charge in [-0.15, -0.1) is 0 Å². The molecule has 1 fully saturated rings. The van der Waals surface area contributed by atoms with E-state index in [0.29, 0.717) is 0 Å². The van der Waals surface area contributed by atoms with Gasteiger partial charge in [0.1, 0.15) is 5.76 Å². The molecule has 1 aliphatic heterocycles. The zero-order valence-corrected chi connectivity index (χ0v) is 10.7. The van der Waals surface area contributed by atoms with Gasteiger partial charge in [0.15, 0.2) is 0 Å². The van der Waals surface area contributed by atoms with Gasteiger partial charge in [0, 0.05) is 26.2 Å². The molecule has 2 rings (SSSR count). The molecular weight excluding hydrogens is 214 g/mol. The van der Waals surface area contributed by atoms with E-state index in [2.05, 4.69) is 22.2 Å². The molecule has 2 heterocycles. The summed E-state index contributed by atoms with van der Waals surface area (Å²) >= 11 is 0. The van der Waals surface area contributed by atoms with Crippen LogP contribution in [-0.2, 0) is 6.54 Å². The van der Waals surface area contributed by atoms with Gasteiger partial charge in [0.05, 0.1) is 12.8 Å².